The quantitative estimate of drug-likeness (QED) is 0.442. The van der Waals surface area contributed by atoms with E-state index in [2.05, 4.69) is 5.32 Å². The Kier molecular flexibility index (Phi) is 6.80. The van der Waals surface area contributed by atoms with Gasteiger partial charge >= 0.3 is 5.69 Å². The summed E-state index contributed by atoms with van der Waals surface area (Å²) in [7, 11) is 0. The first-order valence-electron chi connectivity index (χ1n) is 12.4. The summed E-state index contributed by atoms with van der Waals surface area (Å²) in [6.45, 7) is 0.122. The van der Waals surface area contributed by atoms with Crippen LogP contribution in [0.15, 0.2) is 82.4 Å². The molecule has 1 amide bonds. The van der Waals surface area contributed by atoms with Gasteiger partial charge in [0.2, 0.25) is 5.91 Å². The van der Waals surface area contributed by atoms with Crippen molar-refractivity contribution in [2.75, 3.05) is 0 Å². The average molecular weight is 486 g/mol. The van der Waals surface area contributed by atoms with Crippen molar-refractivity contribution >= 4 is 16.8 Å². The molecule has 6 nitrogen and oxygen atoms in total. The summed E-state index contributed by atoms with van der Waals surface area (Å²) in [5.41, 5.74) is 1.40. The topological polar surface area (TPSA) is 73.1 Å². The number of carbonyl (C=O) groups excluding carboxylic acids is 1. The fourth-order valence-corrected chi connectivity index (χ4v) is 4.99. The number of nitrogens with one attached hydrogen (secondary N) is 1. The molecule has 5 rings (SSSR count). The molecule has 3 aromatic carbocycles. The number of amides is 1. The predicted molar refractivity (Wildman–Crippen MR) is 138 cm³/mol. The van der Waals surface area contributed by atoms with Gasteiger partial charge in [-0.25, -0.2) is 13.8 Å². The van der Waals surface area contributed by atoms with E-state index in [-0.39, 0.29) is 30.7 Å². The van der Waals surface area contributed by atoms with E-state index in [0.717, 1.165) is 35.8 Å². The van der Waals surface area contributed by atoms with Gasteiger partial charge in [0.05, 0.1) is 29.6 Å². The van der Waals surface area contributed by atoms with E-state index in [1.54, 1.807) is 60.7 Å². The Labute approximate surface area is 208 Å². The Morgan fingerprint density at radius 3 is 2.39 bits per heavy atom. The number of hydrogen-bond acceptors (Lipinski definition) is 3. The molecule has 0 aliphatic heterocycles. The molecule has 1 fully saturated rings. The van der Waals surface area contributed by atoms with Gasteiger partial charge in [-0.05, 0) is 60.4 Å². The lowest BCUT2D eigenvalue weighted by Gasteiger charge is -2.22. The summed E-state index contributed by atoms with van der Waals surface area (Å²) in [5, 5.41) is 3.51. The maximum Gasteiger partial charge on any atom is 0.336 e. The normalized spacial score (nSPS) is 14.1. The van der Waals surface area contributed by atoms with E-state index in [1.807, 2.05) is 0 Å². The zero-order chi connectivity index (χ0) is 25.1. The van der Waals surface area contributed by atoms with E-state index >= 15 is 0 Å². The number of nitrogens with zero attached hydrogens (tertiary/aromatic N) is 2. The minimum atomic E-state index is -0.509. The van der Waals surface area contributed by atoms with Crippen molar-refractivity contribution in [3.05, 3.63) is 111 Å². The van der Waals surface area contributed by atoms with Crippen LogP contribution in [0, 0.1) is 5.82 Å². The Morgan fingerprint density at radius 1 is 0.889 bits per heavy atom. The molecule has 1 aliphatic carbocycles. The molecule has 1 heterocycles. The van der Waals surface area contributed by atoms with Crippen molar-refractivity contribution in [1.82, 2.24) is 14.5 Å². The summed E-state index contributed by atoms with van der Waals surface area (Å²) in [5.74, 6) is -0.406. The van der Waals surface area contributed by atoms with Crippen LogP contribution in [-0.4, -0.2) is 21.1 Å². The second-order valence-corrected chi connectivity index (χ2v) is 9.40. The SMILES string of the molecule is O=C(Cc1ccc(-n2c(=O)c3ccccc3n(Cc3cccc(F)c3)c2=O)cc1)NC1CCCCC1. The molecule has 1 N–H and O–H groups in total. The lowest BCUT2D eigenvalue weighted by molar-refractivity contribution is -0.121. The van der Waals surface area contributed by atoms with Crippen LogP contribution in [0.3, 0.4) is 0 Å². The number of carbonyl (C=O) groups is 1. The molecule has 1 saturated carbocycles. The minimum Gasteiger partial charge on any atom is -0.353 e. The molecule has 1 aliphatic rings. The third-order valence-corrected chi connectivity index (χ3v) is 6.81. The molecule has 184 valence electrons. The molecule has 7 heteroatoms. The van der Waals surface area contributed by atoms with Gasteiger partial charge in [0.15, 0.2) is 0 Å². The van der Waals surface area contributed by atoms with E-state index in [0.29, 0.717) is 22.2 Å². The highest BCUT2D eigenvalue weighted by Gasteiger charge is 2.17. The van der Waals surface area contributed by atoms with Crippen LogP contribution in [0.25, 0.3) is 16.6 Å². The second-order valence-electron chi connectivity index (χ2n) is 9.40. The third-order valence-electron chi connectivity index (χ3n) is 6.81. The van der Waals surface area contributed by atoms with Crippen LogP contribution in [0.1, 0.15) is 43.2 Å². The molecule has 0 saturated heterocycles. The van der Waals surface area contributed by atoms with Crippen molar-refractivity contribution in [2.45, 2.75) is 51.1 Å². The van der Waals surface area contributed by atoms with E-state index in [1.165, 1.54) is 23.1 Å². The first-order chi connectivity index (χ1) is 17.5. The largest absolute Gasteiger partial charge is 0.353 e. The van der Waals surface area contributed by atoms with Crippen LogP contribution in [0.5, 0.6) is 0 Å². The van der Waals surface area contributed by atoms with Crippen LogP contribution in [-0.2, 0) is 17.8 Å². The molecular weight excluding hydrogens is 457 g/mol. The lowest BCUT2D eigenvalue weighted by Crippen LogP contribution is -2.39. The van der Waals surface area contributed by atoms with Gasteiger partial charge in [0.1, 0.15) is 5.82 Å². The number of rotatable bonds is 6. The highest BCUT2D eigenvalue weighted by molar-refractivity contribution is 5.79. The molecular formula is C29H28FN3O3. The summed E-state index contributed by atoms with van der Waals surface area (Å²) in [6.07, 6.45) is 5.82. The second kappa shape index (κ2) is 10.3. The highest BCUT2D eigenvalue weighted by Crippen LogP contribution is 2.18. The summed E-state index contributed by atoms with van der Waals surface area (Å²) < 4.78 is 16.4. The summed E-state index contributed by atoms with van der Waals surface area (Å²) >= 11 is 0. The Balaban J connectivity index is 1.46. The number of hydrogen-bond donors (Lipinski definition) is 1. The van der Waals surface area contributed by atoms with E-state index < -0.39 is 11.2 Å². The van der Waals surface area contributed by atoms with Gasteiger partial charge in [0, 0.05) is 6.04 Å². The van der Waals surface area contributed by atoms with Crippen molar-refractivity contribution < 1.29 is 9.18 Å². The number of halogens is 1. The molecule has 36 heavy (non-hydrogen) atoms. The van der Waals surface area contributed by atoms with Gasteiger partial charge in [0.25, 0.3) is 5.56 Å². The zero-order valence-electron chi connectivity index (χ0n) is 20.0. The molecule has 0 radical (unpaired) electrons. The molecule has 0 atom stereocenters. The Morgan fingerprint density at radius 2 is 1.64 bits per heavy atom. The zero-order valence-corrected chi connectivity index (χ0v) is 20.0. The Hall–Kier alpha value is -4.00. The van der Waals surface area contributed by atoms with E-state index in [9.17, 15) is 18.8 Å². The van der Waals surface area contributed by atoms with Crippen molar-refractivity contribution in [1.29, 1.82) is 0 Å². The summed E-state index contributed by atoms with van der Waals surface area (Å²) in [6, 6.07) is 20.1. The molecule has 4 aromatic rings. The first kappa shape index (κ1) is 23.7. The monoisotopic (exact) mass is 485 g/mol. The molecule has 0 bridgehead atoms. The molecule has 1 aromatic heterocycles. The van der Waals surface area contributed by atoms with Crippen molar-refractivity contribution in [3.8, 4) is 5.69 Å². The highest BCUT2D eigenvalue weighted by atomic mass is 19.1. The average Bonchev–Trinajstić information content (AvgIpc) is 2.88. The molecule has 0 unspecified atom stereocenters. The fraction of sp³-hybridized carbons (Fsp3) is 0.276. The fourth-order valence-electron chi connectivity index (χ4n) is 4.99. The number of benzene rings is 3. The Bertz CT molecular complexity index is 1520. The van der Waals surface area contributed by atoms with Crippen LogP contribution < -0.4 is 16.6 Å². The molecule has 0 spiro atoms. The van der Waals surface area contributed by atoms with Crippen LogP contribution in [0.4, 0.5) is 4.39 Å². The minimum absolute atomic E-state index is 0.0185. The van der Waals surface area contributed by atoms with Gasteiger partial charge < -0.3 is 5.32 Å². The van der Waals surface area contributed by atoms with Gasteiger partial charge in [-0.15, -0.1) is 0 Å². The number of para-hydroxylation sites is 1. The third kappa shape index (κ3) is 5.00. The van der Waals surface area contributed by atoms with Crippen molar-refractivity contribution in [2.24, 2.45) is 0 Å². The number of fused-ring (bicyclic) bond motifs is 1. The van der Waals surface area contributed by atoms with Gasteiger partial charge in [-0.3, -0.25) is 14.2 Å². The van der Waals surface area contributed by atoms with E-state index in [4.69, 9.17) is 0 Å². The predicted octanol–water partition coefficient (Wildman–Crippen LogP) is 4.33. The van der Waals surface area contributed by atoms with Crippen LogP contribution in [0.2, 0.25) is 0 Å². The smallest absolute Gasteiger partial charge is 0.336 e. The summed E-state index contributed by atoms with van der Waals surface area (Å²) in [4.78, 5) is 39.3. The maximum atomic E-state index is 13.8. The standard InChI is InChI=1S/C29H28FN3O3/c30-22-8-6-7-21(17-22)19-32-26-12-5-4-11-25(26)28(35)33(29(32)36)24-15-13-20(14-16-24)18-27(34)31-23-9-2-1-3-10-23/h4-8,11-17,23H,1-3,9-10,18-19H2,(H,31,34). The van der Waals surface area contributed by atoms with Gasteiger partial charge in [-0.2, -0.15) is 0 Å². The van der Waals surface area contributed by atoms with Gasteiger partial charge in [-0.1, -0.05) is 55.7 Å². The first-order valence-corrected chi connectivity index (χ1v) is 12.4. The van der Waals surface area contributed by atoms with Crippen LogP contribution >= 0.6 is 0 Å². The van der Waals surface area contributed by atoms with Crippen molar-refractivity contribution in [3.63, 3.8) is 0 Å². The maximum absolute atomic E-state index is 13.8. The number of aromatic nitrogens is 2. The lowest BCUT2D eigenvalue weighted by atomic mass is 9.95.